The number of carbonyl (C=O) groups excluding carboxylic acids is 1. The van der Waals surface area contributed by atoms with Crippen LogP contribution in [0.1, 0.15) is 35.3 Å². The zero-order chi connectivity index (χ0) is 24.1. The summed E-state index contributed by atoms with van der Waals surface area (Å²) in [6.07, 6.45) is 1.59. The average Bonchev–Trinajstić information content (AvgIpc) is 3.27. The first-order valence-corrected chi connectivity index (χ1v) is 12.6. The van der Waals surface area contributed by atoms with Crippen molar-refractivity contribution in [1.29, 1.82) is 0 Å². The summed E-state index contributed by atoms with van der Waals surface area (Å²) in [5, 5.41) is 9.59. The number of benzene rings is 2. The Morgan fingerprint density at radius 3 is 2.47 bits per heavy atom. The van der Waals surface area contributed by atoms with Crippen molar-refractivity contribution in [2.24, 2.45) is 0 Å². The van der Waals surface area contributed by atoms with Crippen molar-refractivity contribution in [3.8, 4) is 11.1 Å². The van der Waals surface area contributed by atoms with Gasteiger partial charge < -0.3 is 15.5 Å². The molecule has 0 saturated heterocycles. The summed E-state index contributed by atoms with van der Waals surface area (Å²) in [6, 6.07) is 14.0. The molecule has 176 valence electrons. The van der Waals surface area contributed by atoms with Gasteiger partial charge in [-0.1, -0.05) is 37.6 Å². The number of anilines is 2. The van der Waals surface area contributed by atoms with Crippen molar-refractivity contribution in [2.75, 3.05) is 31.5 Å². The fraction of sp³-hybridized carbons (Fsp3) is 0.296. The first-order valence-electron chi connectivity index (χ1n) is 11.7. The molecule has 0 saturated carbocycles. The molecule has 2 N–H and O–H groups in total. The second-order valence-electron chi connectivity index (χ2n) is 8.36. The van der Waals surface area contributed by atoms with Crippen molar-refractivity contribution in [3.63, 3.8) is 0 Å². The molecular weight excluding hydrogens is 442 g/mol. The molecule has 0 aliphatic heterocycles. The van der Waals surface area contributed by atoms with Crippen molar-refractivity contribution in [3.05, 3.63) is 70.9 Å². The molecule has 0 spiro atoms. The normalized spacial score (nSPS) is 11.2. The van der Waals surface area contributed by atoms with Gasteiger partial charge in [0, 0.05) is 35.3 Å². The Labute approximate surface area is 205 Å². The molecule has 34 heavy (non-hydrogen) atoms. The standard InChI is InChI=1S/C27H31N5OS/c1-5-32(6-2)14-13-28-26(33)20-8-10-21(11-9-20)31-25-24-23(16-34-27(24)30-17-29-25)22-12-7-18(3)15-19(22)4/h7-12,15-17H,5-6,13-14H2,1-4H3,(H,28,33)(H,29,30,31). The Balaban J connectivity index is 1.52. The van der Waals surface area contributed by atoms with E-state index in [1.807, 2.05) is 24.3 Å². The third-order valence-corrected chi connectivity index (χ3v) is 6.95. The van der Waals surface area contributed by atoms with Crippen molar-refractivity contribution in [1.82, 2.24) is 20.2 Å². The number of fused-ring (bicyclic) bond motifs is 1. The average molecular weight is 474 g/mol. The van der Waals surface area contributed by atoms with Gasteiger partial charge in [-0.15, -0.1) is 11.3 Å². The van der Waals surface area contributed by atoms with Crippen molar-refractivity contribution >= 4 is 39.0 Å². The molecule has 0 fully saturated rings. The number of hydrogen-bond donors (Lipinski definition) is 2. The lowest BCUT2D eigenvalue weighted by molar-refractivity contribution is 0.0949. The third-order valence-electron chi connectivity index (χ3n) is 6.06. The molecule has 2 heterocycles. The Hall–Kier alpha value is -3.29. The molecule has 0 atom stereocenters. The highest BCUT2D eigenvalue weighted by Crippen LogP contribution is 2.38. The lowest BCUT2D eigenvalue weighted by Crippen LogP contribution is -2.34. The monoisotopic (exact) mass is 473 g/mol. The summed E-state index contributed by atoms with van der Waals surface area (Å²) in [5.74, 6) is 0.704. The molecule has 6 nitrogen and oxygen atoms in total. The van der Waals surface area contributed by atoms with E-state index in [1.165, 1.54) is 16.7 Å². The molecule has 7 heteroatoms. The second-order valence-corrected chi connectivity index (χ2v) is 9.21. The first kappa shape index (κ1) is 23.9. The lowest BCUT2D eigenvalue weighted by atomic mass is 9.99. The predicted octanol–water partition coefficient (Wildman–Crippen LogP) is 5.79. The maximum atomic E-state index is 12.5. The van der Waals surface area contributed by atoms with Crippen LogP contribution in [0.15, 0.2) is 54.2 Å². The molecule has 0 unspecified atom stereocenters. The van der Waals surface area contributed by atoms with Gasteiger partial charge in [0.05, 0.1) is 5.39 Å². The van der Waals surface area contributed by atoms with Crippen molar-refractivity contribution < 1.29 is 4.79 Å². The quantitative estimate of drug-likeness (QED) is 0.322. The van der Waals surface area contributed by atoms with E-state index in [1.54, 1.807) is 17.7 Å². The highest BCUT2D eigenvalue weighted by Gasteiger charge is 2.15. The van der Waals surface area contributed by atoms with Crippen LogP contribution in [0.3, 0.4) is 0 Å². The number of likely N-dealkylation sites (N-methyl/N-ethyl adjacent to an activating group) is 1. The minimum atomic E-state index is -0.0573. The number of nitrogens with zero attached hydrogens (tertiary/aromatic N) is 3. The zero-order valence-corrected chi connectivity index (χ0v) is 21.0. The number of amides is 1. The molecule has 0 aliphatic rings. The van der Waals surface area contributed by atoms with Gasteiger partial charge in [-0.25, -0.2) is 9.97 Å². The minimum absolute atomic E-state index is 0.0573. The smallest absolute Gasteiger partial charge is 0.251 e. The van der Waals surface area contributed by atoms with Gasteiger partial charge in [0.25, 0.3) is 5.91 Å². The molecule has 0 aliphatic carbocycles. The van der Waals surface area contributed by atoms with Crippen molar-refractivity contribution in [2.45, 2.75) is 27.7 Å². The van der Waals surface area contributed by atoms with E-state index in [9.17, 15) is 4.79 Å². The summed E-state index contributed by atoms with van der Waals surface area (Å²) in [7, 11) is 0. The number of hydrogen-bond acceptors (Lipinski definition) is 6. The Morgan fingerprint density at radius 1 is 1.00 bits per heavy atom. The third kappa shape index (κ3) is 5.26. The first-order chi connectivity index (χ1) is 16.5. The Bertz CT molecular complexity index is 1280. The SMILES string of the molecule is CCN(CC)CCNC(=O)c1ccc(Nc2ncnc3scc(-c4ccc(C)cc4C)c23)cc1. The molecule has 4 rings (SSSR count). The fourth-order valence-electron chi connectivity index (χ4n) is 4.10. The molecule has 4 aromatic rings. The number of aryl methyl sites for hydroxylation is 2. The van der Waals surface area contributed by atoms with Crippen LogP contribution < -0.4 is 10.6 Å². The largest absolute Gasteiger partial charge is 0.351 e. The second kappa shape index (κ2) is 10.8. The van der Waals surface area contributed by atoms with Crippen LogP contribution in [0.4, 0.5) is 11.5 Å². The topological polar surface area (TPSA) is 70.2 Å². The van der Waals surface area contributed by atoms with Crippen LogP contribution in [0, 0.1) is 13.8 Å². The van der Waals surface area contributed by atoms with Crippen LogP contribution in [0.25, 0.3) is 21.3 Å². The van der Waals surface area contributed by atoms with Crippen LogP contribution >= 0.6 is 11.3 Å². The van der Waals surface area contributed by atoms with E-state index in [0.29, 0.717) is 12.1 Å². The predicted molar refractivity (Wildman–Crippen MR) is 142 cm³/mol. The van der Waals surface area contributed by atoms with E-state index in [2.05, 4.69) is 76.8 Å². The van der Waals surface area contributed by atoms with Crippen LogP contribution in [0.2, 0.25) is 0 Å². The van der Waals surface area contributed by atoms with E-state index in [4.69, 9.17) is 0 Å². The molecule has 2 aromatic heterocycles. The summed E-state index contributed by atoms with van der Waals surface area (Å²) >= 11 is 1.62. The maximum absolute atomic E-state index is 12.5. The van der Waals surface area contributed by atoms with Gasteiger partial charge in [0.15, 0.2) is 0 Å². The maximum Gasteiger partial charge on any atom is 0.251 e. The molecule has 1 amide bonds. The van der Waals surface area contributed by atoms with E-state index < -0.39 is 0 Å². The van der Waals surface area contributed by atoms with Gasteiger partial charge in [-0.05, 0) is 62.3 Å². The molecule has 2 aromatic carbocycles. The molecule has 0 radical (unpaired) electrons. The van der Waals surface area contributed by atoms with Gasteiger partial charge in [-0.2, -0.15) is 0 Å². The fourth-order valence-corrected chi connectivity index (χ4v) is 5.00. The van der Waals surface area contributed by atoms with E-state index in [-0.39, 0.29) is 5.91 Å². The highest BCUT2D eigenvalue weighted by molar-refractivity contribution is 7.17. The molecule has 0 bridgehead atoms. The van der Waals surface area contributed by atoms with Gasteiger partial charge in [0.1, 0.15) is 17.0 Å². The van der Waals surface area contributed by atoms with Gasteiger partial charge in [-0.3, -0.25) is 4.79 Å². The zero-order valence-electron chi connectivity index (χ0n) is 20.2. The van der Waals surface area contributed by atoms with Gasteiger partial charge in [0.2, 0.25) is 0 Å². The highest BCUT2D eigenvalue weighted by atomic mass is 32.1. The summed E-state index contributed by atoms with van der Waals surface area (Å²) in [6.45, 7) is 12.0. The lowest BCUT2D eigenvalue weighted by Gasteiger charge is -2.18. The van der Waals surface area contributed by atoms with E-state index in [0.717, 1.165) is 46.9 Å². The number of carbonyl (C=O) groups is 1. The number of aromatic nitrogens is 2. The van der Waals surface area contributed by atoms with Crippen LogP contribution in [-0.4, -0.2) is 47.0 Å². The number of rotatable bonds is 9. The molecular formula is C27H31N5OS. The van der Waals surface area contributed by atoms with Crippen LogP contribution in [0.5, 0.6) is 0 Å². The minimum Gasteiger partial charge on any atom is -0.351 e. The summed E-state index contributed by atoms with van der Waals surface area (Å²) in [5.41, 5.74) is 6.30. The number of nitrogens with one attached hydrogen (secondary N) is 2. The summed E-state index contributed by atoms with van der Waals surface area (Å²) < 4.78 is 0. The van der Waals surface area contributed by atoms with Crippen LogP contribution in [-0.2, 0) is 0 Å². The number of thiophene rings is 1. The Kier molecular flexibility index (Phi) is 7.55. The Morgan fingerprint density at radius 2 is 1.76 bits per heavy atom. The van der Waals surface area contributed by atoms with Gasteiger partial charge >= 0.3 is 0 Å². The summed E-state index contributed by atoms with van der Waals surface area (Å²) in [4.78, 5) is 24.7. The van der Waals surface area contributed by atoms with E-state index >= 15 is 0 Å².